The molecule has 0 radical (unpaired) electrons. The lowest BCUT2D eigenvalue weighted by Crippen LogP contribution is -2.43. The number of nitrogens with zero attached hydrogens (tertiary/aromatic N) is 2. The van der Waals surface area contributed by atoms with Gasteiger partial charge in [0.2, 0.25) is 0 Å². The van der Waals surface area contributed by atoms with Gasteiger partial charge < -0.3 is 10.6 Å². The van der Waals surface area contributed by atoms with Gasteiger partial charge in [0.25, 0.3) is 5.91 Å². The first-order chi connectivity index (χ1) is 11.1. The molecule has 1 aromatic heterocycles. The molecule has 0 unspecified atom stereocenters. The molecule has 2 fully saturated rings. The number of rotatable bonds is 3. The second-order valence-electron chi connectivity index (χ2n) is 6.31. The number of aromatic nitrogens is 1. The summed E-state index contributed by atoms with van der Waals surface area (Å²) in [6.45, 7) is 3.07. The van der Waals surface area contributed by atoms with Gasteiger partial charge in [-0.25, -0.2) is 9.37 Å². The van der Waals surface area contributed by atoms with E-state index >= 15 is 0 Å². The number of hydrogen-bond acceptors (Lipinski definition) is 4. The Morgan fingerprint density at radius 3 is 3.00 bits per heavy atom. The Morgan fingerprint density at radius 2 is 2.26 bits per heavy atom. The molecule has 2 heterocycles. The van der Waals surface area contributed by atoms with E-state index in [0.29, 0.717) is 34.5 Å². The van der Waals surface area contributed by atoms with Gasteiger partial charge in [0, 0.05) is 24.7 Å². The Hall–Kier alpha value is -1.79. The molecular formula is C17H18FN3OS. The second-order valence-corrected chi connectivity index (χ2v) is 7.51. The topological polar surface area (TPSA) is 59.2 Å². The lowest BCUT2D eigenvalue weighted by atomic mass is 10.1. The normalized spacial score (nSPS) is 25.5. The van der Waals surface area contributed by atoms with Crippen molar-refractivity contribution in [2.45, 2.75) is 19.4 Å². The summed E-state index contributed by atoms with van der Waals surface area (Å²) >= 11 is 1.36. The Balaban J connectivity index is 1.72. The van der Waals surface area contributed by atoms with Crippen LogP contribution in [0.3, 0.4) is 0 Å². The predicted octanol–water partition coefficient (Wildman–Crippen LogP) is 2.68. The van der Waals surface area contributed by atoms with Crippen molar-refractivity contribution in [3.63, 3.8) is 0 Å². The van der Waals surface area contributed by atoms with Crippen molar-refractivity contribution >= 4 is 17.2 Å². The van der Waals surface area contributed by atoms with Crippen molar-refractivity contribution in [3.8, 4) is 10.4 Å². The summed E-state index contributed by atoms with van der Waals surface area (Å²) in [6, 6.07) is 6.62. The number of likely N-dealkylation sites (tertiary alicyclic amines) is 1. The van der Waals surface area contributed by atoms with E-state index in [9.17, 15) is 9.18 Å². The molecule has 1 aromatic carbocycles. The Morgan fingerprint density at radius 1 is 1.48 bits per heavy atom. The zero-order chi connectivity index (χ0) is 16.1. The molecule has 0 bridgehead atoms. The standard InChI is InChI=1S/C17H18FN3OS/c1-9-20-15(16(23-9)11-4-2-3-5-13(11)18)17(22)21-8-10-6-12(10)14(21)7-19/h2-5,10,12,14H,6-8,19H2,1H3/t10-,12-,14+/m0/s1. The van der Waals surface area contributed by atoms with Crippen LogP contribution >= 0.6 is 11.3 Å². The van der Waals surface area contributed by atoms with Crippen LogP contribution in [0.5, 0.6) is 0 Å². The number of nitrogens with two attached hydrogens (primary N) is 1. The molecule has 0 spiro atoms. The number of fused-ring (bicyclic) bond motifs is 1. The predicted molar refractivity (Wildman–Crippen MR) is 87.7 cm³/mol. The van der Waals surface area contributed by atoms with E-state index in [0.717, 1.165) is 11.6 Å². The molecule has 120 valence electrons. The summed E-state index contributed by atoms with van der Waals surface area (Å²) in [5.41, 5.74) is 6.66. The summed E-state index contributed by atoms with van der Waals surface area (Å²) in [7, 11) is 0. The van der Waals surface area contributed by atoms with Gasteiger partial charge >= 0.3 is 0 Å². The van der Waals surface area contributed by atoms with Crippen molar-refractivity contribution in [2.75, 3.05) is 13.1 Å². The third-order valence-electron chi connectivity index (χ3n) is 4.86. The number of benzene rings is 1. The second kappa shape index (κ2) is 5.39. The van der Waals surface area contributed by atoms with Crippen LogP contribution in [-0.2, 0) is 0 Å². The molecule has 6 heteroatoms. The van der Waals surface area contributed by atoms with E-state index in [1.165, 1.54) is 23.8 Å². The van der Waals surface area contributed by atoms with E-state index in [1.54, 1.807) is 18.2 Å². The van der Waals surface area contributed by atoms with Gasteiger partial charge in [-0.1, -0.05) is 18.2 Å². The number of aryl methyl sites for hydroxylation is 1. The SMILES string of the molecule is Cc1nc(C(=O)N2C[C@@H]3C[C@@H]3[C@H]2CN)c(-c2ccccc2F)s1. The molecule has 1 amide bonds. The van der Waals surface area contributed by atoms with Crippen molar-refractivity contribution in [2.24, 2.45) is 17.6 Å². The lowest BCUT2D eigenvalue weighted by molar-refractivity contribution is 0.0708. The van der Waals surface area contributed by atoms with Gasteiger partial charge in [-0.3, -0.25) is 4.79 Å². The van der Waals surface area contributed by atoms with Gasteiger partial charge in [-0.05, 0) is 31.2 Å². The first kappa shape index (κ1) is 14.8. The van der Waals surface area contributed by atoms with E-state index in [4.69, 9.17) is 5.73 Å². The quantitative estimate of drug-likeness (QED) is 0.941. The molecule has 1 saturated heterocycles. The number of hydrogen-bond donors (Lipinski definition) is 1. The van der Waals surface area contributed by atoms with Gasteiger partial charge in [0.05, 0.1) is 9.88 Å². The van der Waals surface area contributed by atoms with Crippen molar-refractivity contribution in [1.82, 2.24) is 9.88 Å². The van der Waals surface area contributed by atoms with Crippen LogP contribution in [0, 0.1) is 24.6 Å². The third kappa shape index (κ3) is 2.37. The summed E-state index contributed by atoms with van der Waals surface area (Å²) in [6.07, 6.45) is 1.17. The molecule has 23 heavy (non-hydrogen) atoms. The van der Waals surface area contributed by atoms with Crippen LogP contribution in [0.15, 0.2) is 24.3 Å². The van der Waals surface area contributed by atoms with Crippen molar-refractivity contribution < 1.29 is 9.18 Å². The minimum absolute atomic E-state index is 0.1000. The maximum atomic E-state index is 14.2. The van der Waals surface area contributed by atoms with Crippen LogP contribution in [0.2, 0.25) is 0 Å². The van der Waals surface area contributed by atoms with Gasteiger partial charge in [-0.2, -0.15) is 0 Å². The number of amides is 1. The molecule has 1 aliphatic carbocycles. The first-order valence-electron chi connectivity index (χ1n) is 7.83. The molecule has 2 aliphatic rings. The van der Waals surface area contributed by atoms with E-state index in [-0.39, 0.29) is 17.8 Å². The van der Waals surface area contributed by atoms with E-state index in [2.05, 4.69) is 4.98 Å². The molecule has 2 N–H and O–H groups in total. The summed E-state index contributed by atoms with van der Waals surface area (Å²) < 4.78 is 14.2. The van der Waals surface area contributed by atoms with Crippen LogP contribution in [0.25, 0.3) is 10.4 Å². The molecule has 4 nitrogen and oxygen atoms in total. The average molecular weight is 331 g/mol. The van der Waals surface area contributed by atoms with E-state index < -0.39 is 0 Å². The molecule has 2 aromatic rings. The zero-order valence-corrected chi connectivity index (χ0v) is 13.6. The summed E-state index contributed by atoms with van der Waals surface area (Å²) in [5, 5.41) is 0.764. The van der Waals surface area contributed by atoms with Gasteiger partial charge in [0.15, 0.2) is 0 Å². The van der Waals surface area contributed by atoms with Crippen LogP contribution in [0.4, 0.5) is 4.39 Å². The Kier molecular flexibility index (Phi) is 3.46. The number of halogens is 1. The monoisotopic (exact) mass is 331 g/mol. The molecule has 1 aliphatic heterocycles. The molecular weight excluding hydrogens is 313 g/mol. The third-order valence-corrected chi connectivity index (χ3v) is 5.86. The highest BCUT2D eigenvalue weighted by molar-refractivity contribution is 7.15. The lowest BCUT2D eigenvalue weighted by Gasteiger charge is -2.26. The van der Waals surface area contributed by atoms with Gasteiger partial charge in [-0.15, -0.1) is 11.3 Å². The highest BCUT2D eigenvalue weighted by atomic mass is 32.1. The number of carbonyl (C=O) groups excluding carboxylic acids is 1. The minimum Gasteiger partial charge on any atom is -0.332 e. The van der Waals surface area contributed by atoms with E-state index in [1.807, 2.05) is 11.8 Å². The highest BCUT2D eigenvalue weighted by Crippen LogP contribution is 2.49. The maximum Gasteiger partial charge on any atom is 0.274 e. The maximum absolute atomic E-state index is 14.2. The highest BCUT2D eigenvalue weighted by Gasteiger charge is 2.53. The number of carbonyl (C=O) groups is 1. The van der Waals surface area contributed by atoms with Crippen LogP contribution < -0.4 is 5.73 Å². The number of piperidine rings is 1. The molecule has 3 atom stereocenters. The Labute approximate surface area is 138 Å². The largest absolute Gasteiger partial charge is 0.332 e. The summed E-state index contributed by atoms with van der Waals surface area (Å²) in [4.78, 5) is 19.9. The summed E-state index contributed by atoms with van der Waals surface area (Å²) in [5.74, 6) is 0.685. The van der Waals surface area contributed by atoms with Crippen LogP contribution in [0.1, 0.15) is 21.9 Å². The minimum atomic E-state index is -0.329. The van der Waals surface area contributed by atoms with Crippen LogP contribution in [-0.4, -0.2) is 34.9 Å². The fourth-order valence-electron chi connectivity index (χ4n) is 3.64. The average Bonchev–Trinajstić information content (AvgIpc) is 3.05. The van der Waals surface area contributed by atoms with Crippen molar-refractivity contribution in [3.05, 3.63) is 40.8 Å². The Bertz CT molecular complexity index is 775. The first-order valence-corrected chi connectivity index (χ1v) is 8.65. The zero-order valence-electron chi connectivity index (χ0n) is 12.8. The molecule has 1 saturated carbocycles. The fraction of sp³-hybridized carbons (Fsp3) is 0.412. The fourth-order valence-corrected chi connectivity index (χ4v) is 4.58. The van der Waals surface area contributed by atoms with Crippen molar-refractivity contribution in [1.29, 1.82) is 0 Å². The smallest absolute Gasteiger partial charge is 0.274 e. The number of thiazole rings is 1. The van der Waals surface area contributed by atoms with Gasteiger partial charge in [0.1, 0.15) is 11.5 Å². The molecule has 4 rings (SSSR count).